The van der Waals surface area contributed by atoms with E-state index in [0.29, 0.717) is 6.54 Å². The molecule has 4 rings (SSSR count). The minimum atomic E-state index is 0.106. The molecule has 2 aliphatic heterocycles. The second kappa shape index (κ2) is 5.41. The fourth-order valence-electron chi connectivity index (χ4n) is 3.72. The maximum atomic E-state index is 12.6. The van der Waals surface area contributed by atoms with E-state index >= 15 is 0 Å². The van der Waals surface area contributed by atoms with E-state index in [1.807, 2.05) is 28.0 Å². The lowest BCUT2D eigenvalue weighted by molar-refractivity contribution is -0.129. The predicted molar refractivity (Wildman–Crippen MR) is 88.2 cm³/mol. The molecule has 0 saturated carbocycles. The first kappa shape index (κ1) is 14.3. The summed E-state index contributed by atoms with van der Waals surface area (Å²) in [6.07, 6.45) is 3.04. The summed E-state index contributed by atoms with van der Waals surface area (Å²) in [7, 11) is 0. The molecule has 1 aromatic carbocycles. The Hall–Kier alpha value is -2.30. The summed E-state index contributed by atoms with van der Waals surface area (Å²) in [5, 5.41) is 1.08. The number of likely N-dealkylation sites (tertiary alicyclic amines) is 1. The second-order valence-corrected chi connectivity index (χ2v) is 6.53. The molecule has 120 valence electrons. The fourth-order valence-corrected chi connectivity index (χ4v) is 3.72. The number of carbonyl (C=O) groups excluding carboxylic acids is 2. The second-order valence-electron chi connectivity index (χ2n) is 6.53. The zero-order valence-corrected chi connectivity index (χ0v) is 13.4. The van der Waals surface area contributed by atoms with Crippen LogP contribution < -0.4 is 0 Å². The van der Waals surface area contributed by atoms with Gasteiger partial charge in [0, 0.05) is 67.2 Å². The van der Waals surface area contributed by atoms with E-state index in [2.05, 4.69) is 4.98 Å². The van der Waals surface area contributed by atoms with Gasteiger partial charge in [-0.05, 0) is 31.0 Å². The molecule has 0 atom stereocenters. The van der Waals surface area contributed by atoms with Crippen LogP contribution in [0.3, 0.4) is 0 Å². The normalized spacial score (nSPS) is 17.6. The zero-order valence-electron chi connectivity index (χ0n) is 13.4. The molecule has 0 aliphatic carbocycles. The predicted octanol–water partition coefficient (Wildman–Crippen LogP) is 2.31. The molecule has 0 radical (unpaired) electrons. The lowest BCUT2D eigenvalue weighted by atomic mass is 10.0. The van der Waals surface area contributed by atoms with Crippen LogP contribution in [0.4, 0.5) is 0 Å². The Labute approximate surface area is 135 Å². The highest BCUT2D eigenvalue weighted by Crippen LogP contribution is 2.29. The monoisotopic (exact) mass is 311 g/mol. The van der Waals surface area contributed by atoms with E-state index in [0.717, 1.165) is 60.9 Å². The molecule has 2 amide bonds. The highest BCUT2D eigenvalue weighted by Gasteiger charge is 2.24. The Morgan fingerprint density at radius 1 is 1.09 bits per heavy atom. The summed E-state index contributed by atoms with van der Waals surface area (Å²) in [4.78, 5) is 31.5. The van der Waals surface area contributed by atoms with Gasteiger partial charge in [0.05, 0.1) is 0 Å². The molecule has 0 spiro atoms. The summed E-state index contributed by atoms with van der Waals surface area (Å²) in [6.45, 7) is 4.73. The standard InChI is InChI=1S/C18H21N3O2/c1-12(22)21-9-6-17-15(11-21)14-10-13(4-5-16(14)19-17)18(23)20-7-2-3-8-20/h4-5,10,19H,2-3,6-9,11H2,1H3. The van der Waals surface area contributed by atoms with Crippen LogP contribution >= 0.6 is 0 Å². The first-order valence-corrected chi connectivity index (χ1v) is 8.32. The molecular weight excluding hydrogens is 290 g/mol. The fraction of sp³-hybridized carbons (Fsp3) is 0.444. The summed E-state index contributed by atoms with van der Waals surface area (Å²) >= 11 is 0. The molecule has 2 aromatic rings. The average molecular weight is 311 g/mol. The Kier molecular flexibility index (Phi) is 3.36. The Bertz CT molecular complexity index is 787. The van der Waals surface area contributed by atoms with Crippen molar-refractivity contribution in [2.45, 2.75) is 32.7 Å². The number of hydrogen-bond acceptors (Lipinski definition) is 2. The van der Waals surface area contributed by atoms with E-state index < -0.39 is 0 Å². The van der Waals surface area contributed by atoms with Crippen molar-refractivity contribution in [3.8, 4) is 0 Å². The number of H-pyrrole nitrogens is 1. The molecule has 1 fully saturated rings. The highest BCUT2D eigenvalue weighted by molar-refractivity contribution is 5.99. The van der Waals surface area contributed by atoms with Gasteiger partial charge < -0.3 is 14.8 Å². The summed E-state index contributed by atoms with van der Waals surface area (Å²) in [5.74, 6) is 0.230. The number of benzene rings is 1. The Balaban J connectivity index is 1.72. The summed E-state index contributed by atoms with van der Waals surface area (Å²) < 4.78 is 0. The van der Waals surface area contributed by atoms with Gasteiger partial charge >= 0.3 is 0 Å². The topological polar surface area (TPSA) is 56.4 Å². The molecular formula is C18H21N3O2. The molecule has 1 N–H and O–H groups in total. The first-order valence-electron chi connectivity index (χ1n) is 8.32. The van der Waals surface area contributed by atoms with Crippen molar-refractivity contribution in [2.75, 3.05) is 19.6 Å². The molecule has 23 heavy (non-hydrogen) atoms. The lowest BCUT2D eigenvalue weighted by Gasteiger charge is -2.26. The summed E-state index contributed by atoms with van der Waals surface area (Å²) in [5.41, 5.74) is 4.17. The molecule has 5 heteroatoms. The number of amides is 2. The SMILES string of the molecule is CC(=O)N1CCc2[nH]c3ccc(C(=O)N4CCCC4)cc3c2C1. The lowest BCUT2D eigenvalue weighted by Crippen LogP contribution is -2.34. The van der Waals surface area contributed by atoms with Gasteiger partial charge in [-0.2, -0.15) is 0 Å². The van der Waals surface area contributed by atoms with Gasteiger partial charge in [-0.25, -0.2) is 0 Å². The molecule has 0 unspecified atom stereocenters. The smallest absolute Gasteiger partial charge is 0.253 e. The van der Waals surface area contributed by atoms with Crippen LogP contribution in [0.2, 0.25) is 0 Å². The number of aromatic amines is 1. The van der Waals surface area contributed by atoms with Crippen molar-refractivity contribution in [2.24, 2.45) is 0 Å². The molecule has 5 nitrogen and oxygen atoms in total. The van der Waals surface area contributed by atoms with Gasteiger partial charge in [-0.15, -0.1) is 0 Å². The zero-order chi connectivity index (χ0) is 16.0. The molecule has 3 heterocycles. The van der Waals surface area contributed by atoms with Gasteiger partial charge in [0.1, 0.15) is 0 Å². The number of carbonyl (C=O) groups is 2. The Morgan fingerprint density at radius 3 is 2.61 bits per heavy atom. The number of nitrogens with one attached hydrogen (secondary N) is 1. The van der Waals surface area contributed by atoms with Gasteiger partial charge in [-0.1, -0.05) is 0 Å². The number of fused-ring (bicyclic) bond motifs is 3. The van der Waals surface area contributed by atoms with Crippen molar-refractivity contribution in [3.05, 3.63) is 35.0 Å². The van der Waals surface area contributed by atoms with Gasteiger partial charge in [0.25, 0.3) is 5.91 Å². The molecule has 1 saturated heterocycles. The number of hydrogen-bond donors (Lipinski definition) is 1. The molecule has 2 aliphatic rings. The van der Waals surface area contributed by atoms with E-state index in [1.54, 1.807) is 6.92 Å². The highest BCUT2D eigenvalue weighted by atomic mass is 16.2. The minimum Gasteiger partial charge on any atom is -0.358 e. The number of aromatic nitrogens is 1. The molecule has 1 aromatic heterocycles. The van der Waals surface area contributed by atoms with Gasteiger partial charge in [-0.3, -0.25) is 9.59 Å². The quantitative estimate of drug-likeness (QED) is 0.878. The third kappa shape index (κ3) is 2.40. The van der Waals surface area contributed by atoms with Crippen LogP contribution in [0, 0.1) is 0 Å². The third-order valence-electron chi connectivity index (χ3n) is 5.06. The van der Waals surface area contributed by atoms with E-state index in [4.69, 9.17) is 0 Å². The van der Waals surface area contributed by atoms with Crippen molar-refractivity contribution < 1.29 is 9.59 Å². The van der Waals surface area contributed by atoms with Crippen LogP contribution in [0.5, 0.6) is 0 Å². The van der Waals surface area contributed by atoms with Crippen LogP contribution in [0.25, 0.3) is 10.9 Å². The van der Waals surface area contributed by atoms with Gasteiger partial charge in [0.15, 0.2) is 0 Å². The Morgan fingerprint density at radius 2 is 1.87 bits per heavy atom. The van der Waals surface area contributed by atoms with Crippen molar-refractivity contribution >= 4 is 22.7 Å². The van der Waals surface area contributed by atoms with Crippen LogP contribution in [-0.2, 0) is 17.8 Å². The average Bonchev–Trinajstić information content (AvgIpc) is 3.20. The van der Waals surface area contributed by atoms with Crippen LogP contribution in [-0.4, -0.2) is 46.2 Å². The maximum absolute atomic E-state index is 12.6. The maximum Gasteiger partial charge on any atom is 0.253 e. The van der Waals surface area contributed by atoms with Gasteiger partial charge in [0.2, 0.25) is 5.91 Å². The molecule has 0 bridgehead atoms. The summed E-state index contributed by atoms with van der Waals surface area (Å²) in [6, 6.07) is 5.90. The number of nitrogens with zero attached hydrogens (tertiary/aromatic N) is 2. The van der Waals surface area contributed by atoms with Crippen LogP contribution in [0.15, 0.2) is 18.2 Å². The van der Waals surface area contributed by atoms with Crippen molar-refractivity contribution in [1.29, 1.82) is 0 Å². The van der Waals surface area contributed by atoms with Crippen molar-refractivity contribution in [3.63, 3.8) is 0 Å². The first-order chi connectivity index (χ1) is 11.1. The van der Waals surface area contributed by atoms with E-state index in [-0.39, 0.29) is 11.8 Å². The minimum absolute atomic E-state index is 0.106. The largest absolute Gasteiger partial charge is 0.358 e. The number of rotatable bonds is 1. The van der Waals surface area contributed by atoms with E-state index in [1.165, 1.54) is 5.69 Å². The van der Waals surface area contributed by atoms with Crippen LogP contribution in [0.1, 0.15) is 41.4 Å². The van der Waals surface area contributed by atoms with E-state index in [9.17, 15) is 9.59 Å². The third-order valence-corrected chi connectivity index (χ3v) is 5.06. The van der Waals surface area contributed by atoms with Crippen molar-refractivity contribution in [1.82, 2.24) is 14.8 Å².